The lowest BCUT2D eigenvalue weighted by Crippen LogP contribution is -2.45. The van der Waals surface area contributed by atoms with E-state index in [2.05, 4.69) is 31.3 Å². The molecule has 2 atom stereocenters. The van der Waals surface area contributed by atoms with Crippen molar-refractivity contribution in [2.45, 2.75) is 418 Å². The number of esters is 1. The maximum atomic E-state index is 12.4. The summed E-state index contributed by atoms with van der Waals surface area (Å²) in [6, 6.07) is -0.535. The number of ether oxygens (including phenoxy) is 1. The van der Waals surface area contributed by atoms with Crippen LogP contribution in [0.3, 0.4) is 0 Å². The fraction of sp³-hybridized carbons (Fsp3) is 0.944. The Bertz CT molecular complexity index is 1160. The van der Waals surface area contributed by atoms with Crippen molar-refractivity contribution in [3.8, 4) is 0 Å². The van der Waals surface area contributed by atoms with Gasteiger partial charge in [0.05, 0.1) is 25.4 Å². The number of carbonyl (C=O) groups excluding carboxylic acids is 2. The Morgan fingerprint density at radius 2 is 0.610 bits per heavy atom. The van der Waals surface area contributed by atoms with Crippen molar-refractivity contribution in [3.63, 3.8) is 0 Å². The van der Waals surface area contributed by atoms with Crippen LogP contribution in [-0.4, -0.2) is 47.4 Å². The molecule has 0 aromatic heterocycles. The molecule has 0 fully saturated rings. The van der Waals surface area contributed by atoms with E-state index in [1.54, 1.807) is 0 Å². The third-order valence-corrected chi connectivity index (χ3v) is 16.8. The van der Waals surface area contributed by atoms with Gasteiger partial charge >= 0.3 is 5.97 Å². The third kappa shape index (κ3) is 63.6. The molecular formula is C71H139NO5. The Morgan fingerprint density at radius 1 is 0.351 bits per heavy atom. The lowest BCUT2D eigenvalue weighted by molar-refractivity contribution is -0.143. The summed E-state index contributed by atoms with van der Waals surface area (Å²) >= 11 is 0. The highest BCUT2D eigenvalue weighted by molar-refractivity contribution is 5.76. The van der Waals surface area contributed by atoms with Crippen molar-refractivity contribution in [2.24, 2.45) is 0 Å². The first kappa shape index (κ1) is 75.6. The average Bonchev–Trinajstić information content (AvgIpc) is 3.43. The summed E-state index contributed by atoms with van der Waals surface area (Å²) in [6.07, 6.45) is 82.9. The van der Waals surface area contributed by atoms with Gasteiger partial charge in [-0.3, -0.25) is 9.59 Å². The Labute approximate surface area is 482 Å². The van der Waals surface area contributed by atoms with E-state index < -0.39 is 12.1 Å². The lowest BCUT2D eigenvalue weighted by atomic mass is 10.0. The van der Waals surface area contributed by atoms with E-state index in [0.29, 0.717) is 25.9 Å². The highest BCUT2D eigenvalue weighted by Gasteiger charge is 2.20. The van der Waals surface area contributed by atoms with Crippen LogP contribution in [0, 0.1) is 0 Å². The van der Waals surface area contributed by atoms with E-state index >= 15 is 0 Å². The molecule has 6 heteroatoms. The van der Waals surface area contributed by atoms with Gasteiger partial charge in [0.2, 0.25) is 5.91 Å². The summed E-state index contributed by atoms with van der Waals surface area (Å²) in [6.45, 7) is 4.96. The molecule has 0 heterocycles. The van der Waals surface area contributed by atoms with Crippen LogP contribution in [0.2, 0.25) is 0 Å². The van der Waals surface area contributed by atoms with Crippen LogP contribution in [0.5, 0.6) is 0 Å². The predicted octanol–water partition coefficient (Wildman–Crippen LogP) is 22.8. The van der Waals surface area contributed by atoms with Gasteiger partial charge in [-0.25, -0.2) is 0 Å². The van der Waals surface area contributed by atoms with Gasteiger partial charge in [0.1, 0.15) is 0 Å². The summed E-state index contributed by atoms with van der Waals surface area (Å²) in [7, 11) is 0. The topological polar surface area (TPSA) is 95.9 Å². The van der Waals surface area contributed by atoms with Crippen LogP contribution in [0.25, 0.3) is 0 Å². The fourth-order valence-corrected chi connectivity index (χ4v) is 11.4. The molecule has 2 unspecified atom stereocenters. The van der Waals surface area contributed by atoms with Crippen molar-refractivity contribution >= 4 is 11.9 Å². The van der Waals surface area contributed by atoms with Crippen LogP contribution in [0.1, 0.15) is 406 Å². The zero-order valence-corrected chi connectivity index (χ0v) is 52.5. The Hall–Kier alpha value is -1.40. The molecule has 3 N–H and O–H groups in total. The molecule has 0 aliphatic heterocycles. The van der Waals surface area contributed by atoms with E-state index in [9.17, 15) is 19.8 Å². The van der Waals surface area contributed by atoms with Gasteiger partial charge < -0.3 is 20.3 Å². The van der Waals surface area contributed by atoms with E-state index in [4.69, 9.17) is 4.74 Å². The number of aliphatic hydroxyl groups excluding tert-OH is 2. The van der Waals surface area contributed by atoms with Crippen molar-refractivity contribution in [2.75, 3.05) is 13.2 Å². The minimum atomic E-state index is -0.658. The number of aliphatic hydroxyl groups is 2. The second kappa shape index (κ2) is 67.1. The number of hydrogen-bond acceptors (Lipinski definition) is 5. The van der Waals surface area contributed by atoms with Crippen LogP contribution in [0.4, 0.5) is 0 Å². The molecule has 1 amide bonds. The number of hydrogen-bond donors (Lipinski definition) is 3. The smallest absolute Gasteiger partial charge is 0.305 e. The lowest BCUT2D eigenvalue weighted by Gasteiger charge is -2.22. The number of amides is 1. The summed E-state index contributed by atoms with van der Waals surface area (Å²) in [5.74, 6) is -0.0109. The van der Waals surface area contributed by atoms with Crippen LogP contribution >= 0.6 is 0 Å². The first-order valence-electron chi connectivity index (χ1n) is 35.4. The average molecular weight is 1090 g/mol. The summed E-state index contributed by atoms with van der Waals surface area (Å²) < 4.78 is 5.51. The molecule has 0 aliphatic rings. The molecule has 0 saturated heterocycles. The maximum Gasteiger partial charge on any atom is 0.305 e. The van der Waals surface area contributed by atoms with Crippen LogP contribution in [0.15, 0.2) is 12.2 Å². The number of allylic oxidation sites excluding steroid dienone is 2. The molecule has 0 aromatic carbocycles. The first-order valence-corrected chi connectivity index (χ1v) is 35.4. The molecule has 458 valence electrons. The van der Waals surface area contributed by atoms with Crippen molar-refractivity contribution in [3.05, 3.63) is 12.2 Å². The first-order chi connectivity index (χ1) is 38.0. The molecule has 77 heavy (non-hydrogen) atoms. The number of nitrogens with one attached hydrogen (secondary N) is 1. The third-order valence-electron chi connectivity index (χ3n) is 16.8. The van der Waals surface area contributed by atoms with Gasteiger partial charge in [0.25, 0.3) is 0 Å². The normalized spacial score (nSPS) is 12.5. The van der Waals surface area contributed by atoms with Gasteiger partial charge in [-0.2, -0.15) is 0 Å². The van der Waals surface area contributed by atoms with Gasteiger partial charge in [-0.1, -0.05) is 353 Å². The van der Waals surface area contributed by atoms with Crippen LogP contribution < -0.4 is 5.32 Å². The minimum absolute atomic E-state index is 0.0196. The predicted molar refractivity (Wildman–Crippen MR) is 338 cm³/mol. The Kier molecular flexibility index (Phi) is 65.9. The van der Waals surface area contributed by atoms with E-state index in [1.807, 2.05) is 0 Å². The molecular weight excluding hydrogens is 947 g/mol. The molecule has 0 spiro atoms. The quantitative estimate of drug-likeness (QED) is 0.0320. The Morgan fingerprint density at radius 3 is 0.922 bits per heavy atom. The molecule has 6 nitrogen and oxygen atoms in total. The summed E-state index contributed by atoms with van der Waals surface area (Å²) in [5.41, 5.74) is 0. The maximum absolute atomic E-state index is 12.4. The number of rotatable bonds is 67. The summed E-state index contributed by atoms with van der Waals surface area (Å²) in [4.78, 5) is 24.5. The van der Waals surface area contributed by atoms with Gasteiger partial charge in [0.15, 0.2) is 0 Å². The number of carbonyl (C=O) groups is 2. The summed E-state index contributed by atoms with van der Waals surface area (Å²) in [5, 5.41) is 23.1. The van der Waals surface area contributed by atoms with Crippen molar-refractivity contribution < 1.29 is 24.5 Å². The molecule has 0 bridgehead atoms. The monoisotopic (exact) mass is 1090 g/mol. The largest absolute Gasteiger partial charge is 0.466 e. The van der Waals surface area contributed by atoms with Gasteiger partial charge in [0, 0.05) is 12.8 Å². The molecule has 0 aromatic rings. The van der Waals surface area contributed by atoms with Gasteiger partial charge in [-0.15, -0.1) is 0 Å². The second-order valence-corrected chi connectivity index (χ2v) is 24.6. The minimum Gasteiger partial charge on any atom is -0.466 e. The SMILES string of the molecule is CCCCCCCCC/C=C\CCCCCCCCCC(=O)OCCCCCCCCCCCCCCCCCCCCCCCCCCCCCCCCCCCC(=O)NC(CO)C(O)CCCCCCCCCCC. The van der Waals surface area contributed by atoms with E-state index in [-0.39, 0.29) is 18.5 Å². The zero-order valence-electron chi connectivity index (χ0n) is 52.5. The van der Waals surface area contributed by atoms with E-state index in [0.717, 1.165) is 38.5 Å². The van der Waals surface area contributed by atoms with Crippen LogP contribution in [-0.2, 0) is 14.3 Å². The van der Waals surface area contributed by atoms with E-state index in [1.165, 1.54) is 334 Å². The van der Waals surface area contributed by atoms with Crippen molar-refractivity contribution in [1.82, 2.24) is 5.32 Å². The number of unbranched alkanes of at least 4 members (excludes halogenated alkanes) is 54. The van der Waals surface area contributed by atoms with Crippen molar-refractivity contribution in [1.29, 1.82) is 0 Å². The highest BCUT2D eigenvalue weighted by atomic mass is 16.5. The van der Waals surface area contributed by atoms with Gasteiger partial charge in [-0.05, 0) is 51.4 Å². The molecule has 0 saturated carbocycles. The highest BCUT2D eigenvalue weighted by Crippen LogP contribution is 2.19. The molecule has 0 aliphatic carbocycles. The standard InChI is InChI=1S/C71H139NO5/c1-3-5-7-9-11-13-14-15-16-17-36-39-42-45-49-53-57-61-65-71(76)77-66-62-58-54-50-46-43-40-37-34-32-30-28-26-24-22-20-18-19-21-23-25-27-29-31-33-35-38-41-44-48-52-56-60-64-70(75)72-68(67-73)69(74)63-59-55-51-47-12-10-8-6-4-2/h16-17,68-69,73-74H,3-15,18-67H2,1-2H3,(H,72,75)/b17-16-. The zero-order chi connectivity index (χ0) is 55.7. The molecule has 0 rings (SSSR count). The fourth-order valence-electron chi connectivity index (χ4n) is 11.4. The second-order valence-electron chi connectivity index (χ2n) is 24.6. The molecule has 0 radical (unpaired) electrons. The Balaban J connectivity index is 3.27.